The number of sulfonamides is 1. The van der Waals surface area contributed by atoms with Crippen LogP contribution in [-0.2, 0) is 16.6 Å². The first-order valence-electron chi connectivity index (χ1n) is 5.76. The fourth-order valence-corrected chi connectivity index (χ4v) is 3.44. The Kier molecular flexibility index (Phi) is 4.26. The SMILES string of the molecule is COc1cc(C)c(N)cc1S(=O)(=O)NCc1nccs1. The Morgan fingerprint density at radius 2 is 2.20 bits per heavy atom. The first kappa shape index (κ1) is 14.8. The molecule has 0 aliphatic rings. The molecule has 0 unspecified atom stereocenters. The number of nitrogens with zero attached hydrogens (tertiary/aromatic N) is 1. The average Bonchev–Trinajstić information content (AvgIpc) is 2.92. The summed E-state index contributed by atoms with van der Waals surface area (Å²) in [7, 11) is -2.29. The molecule has 1 heterocycles. The number of ether oxygens (including phenoxy) is 1. The lowest BCUT2D eigenvalue weighted by atomic mass is 10.2. The molecule has 2 rings (SSSR count). The van der Waals surface area contributed by atoms with Gasteiger partial charge in [0.2, 0.25) is 10.0 Å². The van der Waals surface area contributed by atoms with Crippen LogP contribution in [0, 0.1) is 6.92 Å². The van der Waals surface area contributed by atoms with Crippen molar-refractivity contribution in [1.29, 1.82) is 0 Å². The predicted molar refractivity (Wildman–Crippen MR) is 78.3 cm³/mol. The number of nitrogen functional groups attached to an aromatic ring is 1. The fraction of sp³-hybridized carbons (Fsp3) is 0.250. The molecule has 1 aromatic heterocycles. The Labute approximate surface area is 121 Å². The molecule has 0 bridgehead atoms. The highest BCUT2D eigenvalue weighted by Crippen LogP contribution is 2.28. The Balaban J connectivity index is 2.31. The molecule has 0 aliphatic heterocycles. The number of hydrogen-bond donors (Lipinski definition) is 2. The summed E-state index contributed by atoms with van der Waals surface area (Å²) >= 11 is 1.38. The second-order valence-corrected chi connectivity index (χ2v) is 6.82. The quantitative estimate of drug-likeness (QED) is 0.816. The molecule has 20 heavy (non-hydrogen) atoms. The summed E-state index contributed by atoms with van der Waals surface area (Å²) in [5, 5.41) is 2.47. The third kappa shape index (κ3) is 3.09. The van der Waals surface area contributed by atoms with Crippen molar-refractivity contribution in [2.75, 3.05) is 12.8 Å². The van der Waals surface area contributed by atoms with E-state index < -0.39 is 10.0 Å². The zero-order chi connectivity index (χ0) is 14.8. The van der Waals surface area contributed by atoms with E-state index in [-0.39, 0.29) is 17.2 Å². The minimum atomic E-state index is -3.71. The van der Waals surface area contributed by atoms with Gasteiger partial charge in [-0.2, -0.15) is 0 Å². The number of thiazole rings is 1. The summed E-state index contributed by atoms with van der Waals surface area (Å²) in [6.07, 6.45) is 1.62. The molecule has 0 atom stereocenters. The number of benzene rings is 1. The van der Waals surface area contributed by atoms with Crippen LogP contribution in [0.4, 0.5) is 5.69 Å². The third-order valence-corrected chi connectivity index (χ3v) is 4.94. The van der Waals surface area contributed by atoms with Gasteiger partial charge in [-0.25, -0.2) is 18.1 Å². The lowest BCUT2D eigenvalue weighted by Crippen LogP contribution is -2.24. The van der Waals surface area contributed by atoms with E-state index >= 15 is 0 Å². The maximum Gasteiger partial charge on any atom is 0.244 e. The summed E-state index contributed by atoms with van der Waals surface area (Å²) in [4.78, 5) is 4.05. The van der Waals surface area contributed by atoms with Gasteiger partial charge in [0.1, 0.15) is 15.7 Å². The molecule has 108 valence electrons. The van der Waals surface area contributed by atoms with Crippen LogP contribution in [0.1, 0.15) is 10.6 Å². The molecule has 0 spiro atoms. The first-order chi connectivity index (χ1) is 9.44. The van der Waals surface area contributed by atoms with Crippen molar-refractivity contribution in [1.82, 2.24) is 9.71 Å². The number of rotatable bonds is 5. The number of aryl methyl sites for hydroxylation is 1. The molecule has 1 aromatic carbocycles. The van der Waals surface area contributed by atoms with Gasteiger partial charge in [-0.05, 0) is 24.6 Å². The molecular weight excluding hydrogens is 298 g/mol. The van der Waals surface area contributed by atoms with Crippen LogP contribution in [0.25, 0.3) is 0 Å². The van der Waals surface area contributed by atoms with E-state index in [1.54, 1.807) is 24.6 Å². The lowest BCUT2D eigenvalue weighted by molar-refractivity contribution is 0.402. The Morgan fingerprint density at radius 1 is 1.45 bits per heavy atom. The van der Waals surface area contributed by atoms with E-state index in [1.807, 2.05) is 0 Å². The molecule has 0 saturated carbocycles. The molecular formula is C12H15N3O3S2. The summed E-state index contributed by atoms with van der Waals surface area (Å²) in [6, 6.07) is 3.01. The molecule has 6 nitrogen and oxygen atoms in total. The number of nitrogens with two attached hydrogens (primary N) is 1. The number of methoxy groups -OCH3 is 1. The van der Waals surface area contributed by atoms with E-state index in [1.165, 1.54) is 24.5 Å². The zero-order valence-electron chi connectivity index (χ0n) is 11.1. The van der Waals surface area contributed by atoms with Crippen molar-refractivity contribution in [2.24, 2.45) is 0 Å². The highest BCUT2D eigenvalue weighted by Gasteiger charge is 2.21. The maximum absolute atomic E-state index is 12.3. The second-order valence-electron chi connectivity index (χ2n) is 4.11. The standard InChI is InChI=1S/C12H15N3O3S2/c1-8-5-10(18-2)11(6-9(8)13)20(16,17)15-7-12-14-3-4-19-12/h3-6,15H,7,13H2,1-2H3. The molecule has 3 N–H and O–H groups in total. The third-order valence-electron chi connectivity index (χ3n) is 2.74. The van der Waals surface area contributed by atoms with Gasteiger partial charge in [-0.15, -0.1) is 11.3 Å². The van der Waals surface area contributed by atoms with Gasteiger partial charge in [-0.3, -0.25) is 0 Å². The lowest BCUT2D eigenvalue weighted by Gasteiger charge is -2.12. The smallest absolute Gasteiger partial charge is 0.244 e. The van der Waals surface area contributed by atoms with E-state index in [9.17, 15) is 8.42 Å². The Morgan fingerprint density at radius 3 is 2.80 bits per heavy atom. The topological polar surface area (TPSA) is 94.3 Å². The van der Waals surface area contributed by atoms with Crippen LogP contribution < -0.4 is 15.2 Å². The van der Waals surface area contributed by atoms with Crippen molar-refractivity contribution in [3.8, 4) is 5.75 Å². The highest BCUT2D eigenvalue weighted by atomic mass is 32.2. The number of aromatic nitrogens is 1. The normalized spacial score (nSPS) is 11.5. The highest BCUT2D eigenvalue weighted by molar-refractivity contribution is 7.89. The molecule has 0 radical (unpaired) electrons. The number of hydrogen-bond acceptors (Lipinski definition) is 6. The van der Waals surface area contributed by atoms with Gasteiger partial charge in [0, 0.05) is 17.3 Å². The van der Waals surface area contributed by atoms with Crippen LogP contribution in [-0.4, -0.2) is 20.5 Å². The Bertz CT molecular complexity index is 697. The van der Waals surface area contributed by atoms with Gasteiger partial charge in [0.15, 0.2) is 0 Å². The van der Waals surface area contributed by atoms with Gasteiger partial charge < -0.3 is 10.5 Å². The largest absolute Gasteiger partial charge is 0.495 e. The minimum absolute atomic E-state index is 0.0275. The molecule has 0 saturated heterocycles. The minimum Gasteiger partial charge on any atom is -0.495 e. The summed E-state index contributed by atoms with van der Waals surface area (Å²) < 4.78 is 32.2. The van der Waals surface area contributed by atoms with Crippen molar-refractivity contribution in [2.45, 2.75) is 18.4 Å². The first-order valence-corrected chi connectivity index (χ1v) is 8.12. The van der Waals surface area contributed by atoms with Crippen LogP contribution >= 0.6 is 11.3 Å². The van der Waals surface area contributed by atoms with Crippen molar-refractivity contribution >= 4 is 27.0 Å². The van der Waals surface area contributed by atoms with E-state index in [2.05, 4.69) is 9.71 Å². The van der Waals surface area contributed by atoms with Gasteiger partial charge >= 0.3 is 0 Å². The van der Waals surface area contributed by atoms with E-state index in [4.69, 9.17) is 10.5 Å². The monoisotopic (exact) mass is 313 g/mol. The predicted octanol–water partition coefficient (Wildman–Crippen LogP) is 1.52. The molecule has 0 fully saturated rings. The fourth-order valence-electron chi connectivity index (χ4n) is 1.62. The molecule has 0 aliphatic carbocycles. The summed E-state index contributed by atoms with van der Waals surface area (Å²) in [5.41, 5.74) is 6.94. The summed E-state index contributed by atoms with van der Waals surface area (Å²) in [6.45, 7) is 1.92. The summed E-state index contributed by atoms with van der Waals surface area (Å²) in [5.74, 6) is 0.267. The molecule has 8 heteroatoms. The van der Waals surface area contributed by atoms with Gasteiger partial charge in [0.25, 0.3) is 0 Å². The average molecular weight is 313 g/mol. The van der Waals surface area contributed by atoms with Crippen molar-refractivity contribution in [3.05, 3.63) is 34.3 Å². The molecule has 0 amide bonds. The van der Waals surface area contributed by atoms with Crippen LogP contribution in [0.3, 0.4) is 0 Å². The van der Waals surface area contributed by atoms with E-state index in [0.717, 1.165) is 5.56 Å². The van der Waals surface area contributed by atoms with Gasteiger partial charge in [-0.1, -0.05) is 0 Å². The van der Waals surface area contributed by atoms with Gasteiger partial charge in [0.05, 0.1) is 13.7 Å². The van der Waals surface area contributed by atoms with Crippen LogP contribution in [0.15, 0.2) is 28.6 Å². The zero-order valence-corrected chi connectivity index (χ0v) is 12.7. The number of nitrogens with one attached hydrogen (secondary N) is 1. The maximum atomic E-state index is 12.3. The van der Waals surface area contributed by atoms with Crippen LogP contribution in [0.2, 0.25) is 0 Å². The van der Waals surface area contributed by atoms with Crippen molar-refractivity contribution in [3.63, 3.8) is 0 Å². The van der Waals surface area contributed by atoms with Crippen LogP contribution in [0.5, 0.6) is 5.75 Å². The van der Waals surface area contributed by atoms with Crippen molar-refractivity contribution < 1.29 is 13.2 Å². The number of anilines is 1. The second kappa shape index (κ2) is 5.78. The molecule has 2 aromatic rings. The Hall–Kier alpha value is -1.64. The van der Waals surface area contributed by atoms with E-state index in [0.29, 0.717) is 10.7 Å².